The van der Waals surface area contributed by atoms with Crippen LogP contribution < -0.4 is 5.32 Å². The maximum absolute atomic E-state index is 12.1. The first-order chi connectivity index (χ1) is 15.1. The molecule has 3 heterocycles. The number of epoxide rings is 1. The van der Waals surface area contributed by atoms with Gasteiger partial charge in [-0.1, -0.05) is 50.6 Å². The van der Waals surface area contributed by atoms with Crippen molar-refractivity contribution in [2.24, 2.45) is 11.8 Å². The summed E-state index contributed by atoms with van der Waals surface area (Å²) in [6, 6.07) is 0.0272. The van der Waals surface area contributed by atoms with Gasteiger partial charge >= 0.3 is 0 Å². The molecule has 0 saturated carbocycles. The first-order valence-electron chi connectivity index (χ1n) is 12.1. The average molecular weight is 448 g/mol. The van der Waals surface area contributed by atoms with E-state index in [1.54, 1.807) is 6.08 Å². The van der Waals surface area contributed by atoms with E-state index in [1.165, 1.54) is 0 Å². The van der Waals surface area contributed by atoms with Gasteiger partial charge in [0.05, 0.1) is 31.0 Å². The van der Waals surface area contributed by atoms with Crippen molar-refractivity contribution in [3.05, 3.63) is 36.0 Å². The van der Waals surface area contributed by atoms with E-state index in [-0.39, 0.29) is 36.4 Å². The molecule has 3 aliphatic heterocycles. The molecule has 0 aromatic heterocycles. The highest BCUT2D eigenvalue weighted by Gasteiger charge is 2.57. The number of carbonyl (C=O) groups is 1. The summed E-state index contributed by atoms with van der Waals surface area (Å²) >= 11 is 0. The van der Waals surface area contributed by atoms with E-state index in [0.717, 1.165) is 24.8 Å². The number of carbonyl (C=O) groups excluding carboxylic acids is 1. The Balaban J connectivity index is 1.49. The monoisotopic (exact) mass is 447 g/mol. The highest BCUT2D eigenvalue weighted by molar-refractivity contribution is 5.87. The fourth-order valence-electron chi connectivity index (χ4n) is 4.67. The zero-order valence-electron chi connectivity index (χ0n) is 20.4. The third-order valence-corrected chi connectivity index (χ3v) is 6.79. The molecule has 6 nitrogen and oxygen atoms in total. The number of hydrogen-bond acceptors (Lipinski definition) is 5. The van der Waals surface area contributed by atoms with Crippen molar-refractivity contribution in [3.8, 4) is 0 Å². The van der Waals surface area contributed by atoms with Crippen molar-refractivity contribution in [1.29, 1.82) is 0 Å². The maximum Gasteiger partial charge on any atom is 0.243 e. The normalized spacial score (nSPS) is 40.5. The van der Waals surface area contributed by atoms with Crippen molar-refractivity contribution in [1.82, 2.24) is 5.32 Å². The molecule has 0 aromatic rings. The molecule has 2 N–H and O–H groups in total. The van der Waals surface area contributed by atoms with Crippen molar-refractivity contribution in [2.75, 3.05) is 6.61 Å². The molecule has 3 rings (SSSR count). The van der Waals surface area contributed by atoms with Gasteiger partial charge in [-0.2, -0.15) is 0 Å². The van der Waals surface area contributed by atoms with Crippen LogP contribution in [0.4, 0.5) is 0 Å². The van der Waals surface area contributed by atoms with Gasteiger partial charge in [-0.15, -0.1) is 0 Å². The number of aliphatic hydroxyl groups is 1. The van der Waals surface area contributed by atoms with Crippen LogP contribution in [-0.2, 0) is 19.0 Å². The van der Waals surface area contributed by atoms with Gasteiger partial charge in [-0.05, 0) is 51.5 Å². The van der Waals surface area contributed by atoms with Crippen LogP contribution >= 0.6 is 0 Å². The van der Waals surface area contributed by atoms with Crippen molar-refractivity contribution in [2.45, 2.75) is 103 Å². The second-order valence-electron chi connectivity index (χ2n) is 10.3. The molecule has 8 atom stereocenters. The Morgan fingerprint density at radius 2 is 1.94 bits per heavy atom. The van der Waals surface area contributed by atoms with Gasteiger partial charge in [0.25, 0.3) is 0 Å². The van der Waals surface area contributed by atoms with Gasteiger partial charge in [0.15, 0.2) is 0 Å². The van der Waals surface area contributed by atoms with E-state index in [0.29, 0.717) is 18.4 Å². The highest BCUT2D eigenvalue weighted by atomic mass is 16.6. The van der Waals surface area contributed by atoms with Gasteiger partial charge in [0.2, 0.25) is 5.91 Å². The molecule has 1 spiro atoms. The van der Waals surface area contributed by atoms with E-state index in [1.807, 2.05) is 32.1 Å². The predicted octanol–water partition coefficient (Wildman–Crippen LogP) is 3.70. The zero-order valence-corrected chi connectivity index (χ0v) is 20.4. The average Bonchev–Trinajstić information content (AvgIpc) is 3.49. The van der Waals surface area contributed by atoms with Gasteiger partial charge < -0.3 is 24.6 Å². The summed E-state index contributed by atoms with van der Waals surface area (Å²) in [4.78, 5) is 12.1. The van der Waals surface area contributed by atoms with E-state index in [9.17, 15) is 9.90 Å². The standard InChI is InChI=1S/C26H41NO5/c1-16(2)7-12-24(28)27-21-13-18(4)22(32-20(21)6)10-8-17(3)9-11-23-25(29)26(15-30-26)14-19(5)31-23/h7-9,11-12,16,18-23,25,29H,10,13-15H2,1-6H3,(H,27,28)/b11-9+,12-7-,17-8+/t18-,19-,20+,21+,22-,23+,25+,26+/m0/s1. The van der Waals surface area contributed by atoms with Crippen molar-refractivity contribution >= 4 is 5.91 Å². The molecule has 32 heavy (non-hydrogen) atoms. The topological polar surface area (TPSA) is 80.3 Å². The molecule has 0 unspecified atom stereocenters. The molecule has 3 fully saturated rings. The fraction of sp³-hybridized carbons (Fsp3) is 0.731. The lowest BCUT2D eigenvalue weighted by atomic mass is 9.87. The molecule has 0 aliphatic carbocycles. The number of nitrogens with one attached hydrogen (secondary N) is 1. The smallest absolute Gasteiger partial charge is 0.243 e. The second kappa shape index (κ2) is 10.6. The quantitative estimate of drug-likeness (QED) is 0.353. The molecule has 0 radical (unpaired) electrons. The van der Waals surface area contributed by atoms with E-state index in [4.69, 9.17) is 14.2 Å². The van der Waals surface area contributed by atoms with Gasteiger partial charge in [0.1, 0.15) is 17.8 Å². The fourth-order valence-corrected chi connectivity index (χ4v) is 4.67. The molecular weight excluding hydrogens is 406 g/mol. The van der Waals surface area contributed by atoms with E-state index in [2.05, 4.69) is 39.1 Å². The Bertz CT molecular complexity index is 738. The number of ether oxygens (including phenoxy) is 3. The van der Waals surface area contributed by atoms with Crippen LogP contribution in [0.5, 0.6) is 0 Å². The number of rotatable bonds is 7. The van der Waals surface area contributed by atoms with Crippen LogP contribution in [0.2, 0.25) is 0 Å². The van der Waals surface area contributed by atoms with Gasteiger partial charge in [-0.25, -0.2) is 0 Å². The highest BCUT2D eigenvalue weighted by Crippen LogP contribution is 2.42. The number of aliphatic hydroxyl groups excluding tert-OH is 1. The lowest BCUT2D eigenvalue weighted by Crippen LogP contribution is -2.50. The second-order valence-corrected chi connectivity index (χ2v) is 10.3. The van der Waals surface area contributed by atoms with E-state index >= 15 is 0 Å². The van der Waals surface area contributed by atoms with E-state index < -0.39 is 11.7 Å². The largest absolute Gasteiger partial charge is 0.387 e. The Morgan fingerprint density at radius 3 is 2.59 bits per heavy atom. The third kappa shape index (κ3) is 6.53. The van der Waals surface area contributed by atoms with Crippen molar-refractivity contribution < 1.29 is 24.1 Å². The number of hydrogen-bond donors (Lipinski definition) is 2. The molecule has 3 aliphatic rings. The molecule has 3 saturated heterocycles. The molecule has 0 aromatic carbocycles. The summed E-state index contributed by atoms with van der Waals surface area (Å²) in [7, 11) is 0. The minimum atomic E-state index is -0.618. The first-order valence-corrected chi connectivity index (χ1v) is 12.1. The summed E-state index contributed by atoms with van der Waals surface area (Å²) in [6.07, 6.45) is 11.3. The van der Waals surface area contributed by atoms with Gasteiger partial charge in [0, 0.05) is 6.42 Å². The first kappa shape index (κ1) is 25.2. The molecule has 180 valence electrons. The summed E-state index contributed by atoms with van der Waals surface area (Å²) in [5, 5.41) is 13.7. The lowest BCUT2D eigenvalue weighted by molar-refractivity contribution is -0.126. The predicted molar refractivity (Wildman–Crippen MR) is 125 cm³/mol. The summed E-state index contributed by atoms with van der Waals surface area (Å²) < 4.78 is 17.7. The van der Waals surface area contributed by atoms with Crippen LogP contribution in [-0.4, -0.2) is 59.8 Å². The van der Waals surface area contributed by atoms with Crippen LogP contribution in [0.1, 0.15) is 60.8 Å². The summed E-state index contributed by atoms with van der Waals surface area (Å²) in [5.74, 6) is 0.646. The Morgan fingerprint density at radius 1 is 1.22 bits per heavy atom. The Hall–Kier alpha value is -1.47. The maximum atomic E-state index is 12.1. The van der Waals surface area contributed by atoms with Crippen LogP contribution in [0.25, 0.3) is 0 Å². The molecule has 0 bridgehead atoms. The summed E-state index contributed by atoms with van der Waals surface area (Å²) in [6.45, 7) is 13.0. The van der Waals surface area contributed by atoms with Crippen LogP contribution in [0.15, 0.2) is 36.0 Å². The van der Waals surface area contributed by atoms with Crippen molar-refractivity contribution in [3.63, 3.8) is 0 Å². The SMILES string of the molecule is CC(/C=C/[C@H]1O[C@@H](C)C[C@@]2(CO2)[C@@H]1O)=C\C[C@@H]1O[C@H](C)[C@H](NC(=O)/C=C\C(C)C)C[C@@H]1C. The lowest BCUT2D eigenvalue weighted by Gasteiger charge is -2.39. The van der Waals surface area contributed by atoms with Crippen LogP contribution in [0, 0.1) is 11.8 Å². The molecular formula is C26H41NO5. The Kier molecular flexibility index (Phi) is 8.37. The van der Waals surface area contributed by atoms with Crippen LogP contribution in [0.3, 0.4) is 0 Å². The number of amides is 1. The molecule has 6 heteroatoms. The minimum Gasteiger partial charge on any atom is -0.387 e. The minimum absolute atomic E-state index is 0.0272. The number of allylic oxidation sites excluding steroid dienone is 3. The van der Waals surface area contributed by atoms with Gasteiger partial charge in [-0.3, -0.25) is 4.79 Å². The zero-order chi connectivity index (χ0) is 23.5. The summed E-state index contributed by atoms with van der Waals surface area (Å²) in [5.41, 5.74) is 0.713. The third-order valence-electron chi connectivity index (χ3n) is 6.79. The Labute approximate surface area is 193 Å². The molecule has 1 amide bonds.